The number of halogens is 2. The molecule has 1 atom stereocenters. The minimum absolute atomic E-state index is 0.335. The number of carbonyl (C=O) groups is 1. The summed E-state index contributed by atoms with van der Waals surface area (Å²) < 4.78 is 16.4. The molecule has 0 heterocycles. The maximum Gasteiger partial charge on any atom is 0.335 e. The molecular weight excluding hydrogens is 471 g/mol. The van der Waals surface area contributed by atoms with E-state index in [2.05, 4.69) is 0 Å². The smallest absolute Gasteiger partial charge is 0.335 e. The largest absolute Gasteiger partial charge is 0.490 e. The van der Waals surface area contributed by atoms with E-state index in [0.29, 0.717) is 36.3 Å². The van der Waals surface area contributed by atoms with Crippen molar-refractivity contribution in [2.45, 2.75) is 26.4 Å². The van der Waals surface area contributed by atoms with E-state index in [-0.39, 0.29) is 5.97 Å². The standard InChI is InChI=1S/C28H28Cl2O4/c1-3-32-26(28(31)33-4-2)19-21-12-16-23(17-13-21)34-18-6-7-20-10-14-22(15-11-20)24-8-5-9-25(29)27(24)30/h5-17,26H,3-4,18-19H2,1-2H3/t26-/m0/s1. The van der Waals surface area contributed by atoms with E-state index in [1.807, 2.05) is 79.7 Å². The summed E-state index contributed by atoms with van der Waals surface area (Å²) in [6.45, 7) is 4.87. The van der Waals surface area contributed by atoms with E-state index < -0.39 is 6.10 Å². The summed E-state index contributed by atoms with van der Waals surface area (Å²) in [5.74, 6) is 0.418. The van der Waals surface area contributed by atoms with E-state index in [4.69, 9.17) is 37.4 Å². The summed E-state index contributed by atoms with van der Waals surface area (Å²) in [5.41, 5.74) is 3.96. The minimum Gasteiger partial charge on any atom is -0.490 e. The third-order valence-corrected chi connectivity index (χ3v) is 5.91. The second-order valence-electron chi connectivity index (χ2n) is 7.48. The first kappa shape index (κ1) is 25.8. The van der Waals surface area contributed by atoms with Gasteiger partial charge in [-0.25, -0.2) is 4.79 Å². The molecule has 0 aromatic heterocycles. The van der Waals surface area contributed by atoms with Crippen LogP contribution in [0.3, 0.4) is 0 Å². The second kappa shape index (κ2) is 13.2. The van der Waals surface area contributed by atoms with Crippen molar-refractivity contribution in [1.82, 2.24) is 0 Å². The van der Waals surface area contributed by atoms with Gasteiger partial charge in [-0.15, -0.1) is 0 Å². The fourth-order valence-electron chi connectivity index (χ4n) is 3.41. The number of hydrogen-bond donors (Lipinski definition) is 0. The van der Waals surface area contributed by atoms with Crippen LogP contribution in [0.25, 0.3) is 17.2 Å². The first-order chi connectivity index (χ1) is 16.5. The Bertz CT molecular complexity index is 1090. The molecule has 0 bridgehead atoms. The molecule has 3 aromatic carbocycles. The molecule has 178 valence electrons. The number of carbonyl (C=O) groups excluding carboxylic acids is 1. The third kappa shape index (κ3) is 7.36. The Kier molecular flexibility index (Phi) is 10.0. The van der Waals surface area contributed by atoms with Crippen molar-refractivity contribution < 1.29 is 19.0 Å². The van der Waals surface area contributed by atoms with Crippen LogP contribution >= 0.6 is 23.2 Å². The van der Waals surface area contributed by atoms with Gasteiger partial charge in [0, 0.05) is 18.6 Å². The quantitative estimate of drug-likeness (QED) is 0.261. The molecule has 34 heavy (non-hydrogen) atoms. The van der Waals surface area contributed by atoms with Gasteiger partial charge in [0.25, 0.3) is 0 Å². The van der Waals surface area contributed by atoms with Gasteiger partial charge in [-0.2, -0.15) is 0 Å². The van der Waals surface area contributed by atoms with Crippen molar-refractivity contribution >= 4 is 35.2 Å². The zero-order valence-corrected chi connectivity index (χ0v) is 20.8. The van der Waals surface area contributed by atoms with Gasteiger partial charge in [-0.1, -0.05) is 77.8 Å². The molecule has 0 aliphatic carbocycles. The molecule has 0 spiro atoms. The summed E-state index contributed by atoms with van der Waals surface area (Å²) in [6.07, 6.45) is 3.83. The first-order valence-electron chi connectivity index (χ1n) is 11.2. The van der Waals surface area contributed by atoms with Crippen molar-refractivity contribution in [2.75, 3.05) is 19.8 Å². The summed E-state index contributed by atoms with van der Waals surface area (Å²) in [4.78, 5) is 12.0. The van der Waals surface area contributed by atoms with E-state index in [9.17, 15) is 4.79 Å². The van der Waals surface area contributed by atoms with Gasteiger partial charge in [-0.05, 0) is 54.8 Å². The van der Waals surface area contributed by atoms with Gasteiger partial charge in [-0.3, -0.25) is 0 Å². The maximum atomic E-state index is 12.0. The third-order valence-electron chi connectivity index (χ3n) is 5.09. The lowest BCUT2D eigenvalue weighted by Crippen LogP contribution is -2.28. The van der Waals surface area contributed by atoms with Crippen LogP contribution in [0.2, 0.25) is 10.0 Å². The van der Waals surface area contributed by atoms with Gasteiger partial charge in [0.2, 0.25) is 0 Å². The van der Waals surface area contributed by atoms with Gasteiger partial charge < -0.3 is 14.2 Å². The Labute approximate surface area is 211 Å². The molecule has 0 saturated heterocycles. The summed E-state index contributed by atoms with van der Waals surface area (Å²) in [5, 5.41) is 1.10. The predicted octanol–water partition coefficient (Wildman–Crippen LogP) is 7.26. The van der Waals surface area contributed by atoms with E-state index in [1.165, 1.54) is 0 Å². The molecule has 0 aliphatic heterocycles. The molecule has 0 aliphatic rings. The fraction of sp³-hybridized carbons (Fsp3) is 0.250. The molecule has 0 fully saturated rings. The number of hydrogen-bond acceptors (Lipinski definition) is 4. The molecule has 3 aromatic rings. The highest BCUT2D eigenvalue weighted by Crippen LogP contribution is 2.33. The lowest BCUT2D eigenvalue weighted by Gasteiger charge is -2.15. The SMILES string of the molecule is CCOC(=O)[C@H](Cc1ccc(OCC=Cc2ccc(-c3cccc(Cl)c3Cl)cc2)cc1)OCC. The highest BCUT2D eigenvalue weighted by atomic mass is 35.5. The van der Waals surface area contributed by atoms with Crippen molar-refractivity contribution in [1.29, 1.82) is 0 Å². The first-order valence-corrected chi connectivity index (χ1v) is 12.0. The lowest BCUT2D eigenvalue weighted by molar-refractivity contribution is -0.156. The number of benzene rings is 3. The molecule has 0 unspecified atom stereocenters. The average Bonchev–Trinajstić information content (AvgIpc) is 2.85. The zero-order chi connectivity index (χ0) is 24.3. The second-order valence-corrected chi connectivity index (χ2v) is 8.27. The molecule has 3 rings (SSSR count). The Morgan fingerprint density at radius 2 is 1.68 bits per heavy atom. The Hall–Kier alpha value is -2.79. The van der Waals surface area contributed by atoms with Crippen molar-refractivity contribution in [3.05, 3.63) is 94.0 Å². The Morgan fingerprint density at radius 1 is 0.941 bits per heavy atom. The highest BCUT2D eigenvalue weighted by Gasteiger charge is 2.20. The molecule has 0 amide bonds. The monoisotopic (exact) mass is 498 g/mol. The van der Waals surface area contributed by atoms with Crippen LogP contribution in [0, 0.1) is 0 Å². The van der Waals surface area contributed by atoms with Crippen LogP contribution < -0.4 is 4.74 Å². The zero-order valence-electron chi connectivity index (χ0n) is 19.3. The number of ether oxygens (including phenoxy) is 3. The van der Waals surface area contributed by atoms with Gasteiger partial charge in [0.1, 0.15) is 12.4 Å². The van der Waals surface area contributed by atoms with Gasteiger partial charge in [0.15, 0.2) is 6.10 Å². The summed E-state index contributed by atoms with van der Waals surface area (Å²) in [6, 6.07) is 21.3. The average molecular weight is 499 g/mol. The normalized spacial score (nSPS) is 12.0. The van der Waals surface area contributed by atoms with Crippen LogP contribution in [-0.2, 0) is 20.7 Å². The molecule has 0 saturated carbocycles. The Morgan fingerprint density at radius 3 is 2.35 bits per heavy atom. The Balaban J connectivity index is 1.51. The number of rotatable bonds is 11. The summed E-state index contributed by atoms with van der Waals surface area (Å²) >= 11 is 12.4. The van der Waals surface area contributed by atoms with E-state index >= 15 is 0 Å². The van der Waals surface area contributed by atoms with Crippen LogP contribution in [0.4, 0.5) is 0 Å². The topological polar surface area (TPSA) is 44.8 Å². The molecule has 4 nitrogen and oxygen atoms in total. The van der Waals surface area contributed by atoms with Gasteiger partial charge in [0.05, 0.1) is 16.7 Å². The van der Waals surface area contributed by atoms with E-state index in [1.54, 1.807) is 13.0 Å². The van der Waals surface area contributed by atoms with Gasteiger partial charge >= 0.3 is 5.97 Å². The molecule has 0 radical (unpaired) electrons. The van der Waals surface area contributed by atoms with Crippen molar-refractivity contribution in [3.8, 4) is 16.9 Å². The summed E-state index contributed by atoms with van der Waals surface area (Å²) in [7, 11) is 0. The van der Waals surface area contributed by atoms with Crippen molar-refractivity contribution in [3.63, 3.8) is 0 Å². The number of esters is 1. The fourth-order valence-corrected chi connectivity index (χ4v) is 3.82. The van der Waals surface area contributed by atoms with Crippen LogP contribution in [0.5, 0.6) is 5.75 Å². The predicted molar refractivity (Wildman–Crippen MR) is 139 cm³/mol. The van der Waals surface area contributed by atoms with E-state index in [0.717, 1.165) is 28.0 Å². The van der Waals surface area contributed by atoms with Crippen LogP contribution in [0.1, 0.15) is 25.0 Å². The molecule has 0 N–H and O–H groups in total. The lowest BCUT2D eigenvalue weighted by atomic mass is 10.0. The minimum atomic E-state index is -0.596. The van der Waals surface area contributed by atoms with Crippen LogP contribution in [0.15, 0.2) is 72.8 Å². The van der Waals surface area contributed by atoms with Crippen LogP contribution in [-0.4, -0.2) is 31.9 Å². The molecule has 6 heteroatoms. The van der Waals surface area contributed by atoms with Crippen molar-refractivity contribution in [2.24, 2.45) is 0 Å². The molecular formula is C28H28Cl2O4. The maximum absolute atomic E-state index is 12.0. The highest BCUT2D eigenvalue weighted by molar-refractivity contribution is 6.43.